The Morgan fingerprint density at radius 2 is 1.67 bits per heavy atom. The van der Waals surface area contributed by atoms with E-state index in [2.05, 4.69) is 10.5 Å². The van der Waals surface area contributed by atoms with E-state index in [9.17, 15) is 14.7 Å². The summed E-state index contributed by atoms with van der Waals surface area (Å²) in [5.41, 5.74) is 6.24. The average Bonchev–Trinajstić information content (AvgIpc) is 2.97. The van der Waals surface area contributed by atoms with Gasteiger partial charge in [-0.1, -0.05) is 36.4 Å². The molecule has 6 heteroatoms. The molecule has 0 spiro atoms. The number of carboxylic acids is 1. The molecule has 2 aromatic carbocycles. The van der Waals surface area contributed by atoms with Crippen molar-refractivity contribution >= 4 is 18.1 Å². The number of carbonyl (C=O) groups excluding carboxylic acids is 1. The van der Waals surface area contributed by atoms with Gasteiger partial charge in [0.15, 0.2) is 0 Å². The number of rotatable bonds is 5. The molecule has 3 aromatic rings. The molecule has 1 heterocycles. The molecule has 0 saturated carbocycles. The summed E-state index contributed by atoms with van der Waals surface area (Å²) in [4.78, 5) is 23.7. The van der Waals surface area contributed by atoms with Crippen molar-refractivity contribution in [3.05, 3.63) is 88.7 Å². The van der Waals surface area contributed by atoms with Crippen molar-refractivity contribution in [2.45, 2.75) is 13.8 Å². The molecule has 2 N–H and O–H groups in total. The molecule has 0 aliphatic rings. The van der Waals surface area contributed by atoms with E-state index in [0.717, 1.165) is 17.1 Å². The number of hydrogen-bond acceptors (Lipinski definition) is 3. The summed E-state index contributed by atoms with van der Waals surface area (Å²) in [6, 6.07) is 18.0. The van der Waals surface area contributed by atoms with Crippen molar-refractivity contribution in [1.29, 1.82) is 0 Å². The Morgan fingerprint density at radius 1 is 1.00 bits per heavy atom. The van der Waals surface area contributed by atoms with Crippen LogP contribution in [0, 0.1) is 13.8 Å². The number of aromatic carboxylic acids is 1. The highest BCUT2D eigenvalue weighted by atomic mass is 16.4. The van der Waals surface area contributed by atoms with Gasteiger partial charge < -0.3 is 9.67 Å². The number of para-hydroxylation sites is 1. The lowest BCUT2D eigenvalue weighted by atomic mass is 10.1. The molecular weight excluding hydrogens is 342 g/mol. The minimum Gasteiger partial charge on any atom is -0.478 e. The zero-order chi connectivity index (χ0) is 19.4. The summed E-state index contributed by atoms with van der Waals surface area (Å²) in [7, 11) is 0. The normalized spacial score (nSPS) is 10.9. The molecule has 0 bridgehead atoms. The van der Waals surface area contributed by atoms with Gasteiger partial charge in [0.25, 0.3) is 5.91 Å². The van der Waals surface area contributed by atoms with Crippen LogP contribution in [0.5, 0.6) is 0 Å². The van der Waals surface area contributed by atoms with E-state index in [4.69, 9.17) is 0 Å². The molecule has 0 radical (unpaired) electrons. The van der Waals surface area contributed by atoms with Crippen molar-refractivity contribution in [2.24, 2.45) is 5.10 Å². The first-order chi connectivity index (χ1) is 13.0. The number of nitrogens with one attached hydrogen (secondary N) is 1. The van der Waals surface area contributed by atoms with Crippen LogP contribution >= 0.6 is 0 Å². The molecule has 136 valence electrons. The summed E-state index contributed by atoms with van der Waals surface area (Å²) in [5, 5.41) is 13.1. The Labute approximate surface area is 156 Å². The predicted molar refractivity (Wildman–Crippen MR) is 104 cm³/mol. The molecule has 0 aliphatic carbocycles. The number of hydrazone groups is 1. The van der Waals surface area contributed by atoms with E-state index in [0.29, 0.717) is 11.1 Å². The first-order valence-corrected chi connectivity index (χ1v) is 8.39. The standard InChI is InChI=1S/C21H19N3O3/c1-14-12-19(15(2)24(14)17-9-4-3-5-10-17)20(25)23-22-13-16-8-6-7-11-18(16)21(26)27/h3-13H,1-2H3,(H,23,25)(H,26,27)/b22-13+. The number of aryl methyl sites for hydroxylation is 1. The maximum Gasteiger partial charge on any atom is 0.336 e. The Balaban J connectivity index is 1.81. The first-order valence-electron chi connectivity index (χ1n) is 8.39. The van der Waals surface area contributed by atoms with E-state index >= 15 is 0 Å². The van der Waals surface area contributed by atoms with Crippen LogP contribution in [0.1, 0.15) is 37.7 Å². The van der Waals surface area contributed by atoms with Gasteiger partial charge in [0, 0.05) is 22.6 Å². The molecule has 27 heavy (non-hydrogen) atoms. The number of nitrogens with zero attached hydrogens (tertiary/aromatic N) is 2. The second kappa shape index (κ2) is 7.70. The van der Waals surface area contributed by atoms with Gasteiger partial charge in [0.05, 0.1) is 17.3 Å². The summed E-state index contributed by atoms with van der Waals surface area (Å²) < 4.78 is 2.00. The maximum atomic E-state index is 12.5. The molecule has 3 rings (SSSR count). The smallest absolute Gasteiger partial charge is 0.336 e. The lowest BCUT2D eigenvalue weighted by molar-refractivity contribution is 0.0696. The summed E-state index contributed by atoms with van der Waals surface area (Å²) >= 11 is 0. The molecule has 1 aromatic heterocycles. The zero-order valence-corrected chi connectivity index (χ0v) is 15.0. The molecule has 0 atom stereocenters. The van der Waals surface area contributed by atoms with Crippen LogP contribution < -0.4 is 5.43 Å². The van der Waals surface area contributed by atoms with Gasteiger partial charge in [-0.2, -0.15) is 5.10 Å². The van der Waals surface area contributed by atoms with E-state index in [-0.39, 0.29) is 11.5 Å². The third-order valence-electron chi connectivity index (χ3n) is 4.25. The minimum absolute atomic E-state index is 0.123. The lowest BCUT2D eigenvalue weighted by Crippen LogP contribution is -2.18. The van der Waals surface area contributed by atoms with E-state index < -0.39 is 5.97 Å². The minimum atomic E-state index is -1.05. The van der Waals surface area contributed by atoms with E-state index in [1.54, 1.807) is 24.3 Å². The van der Waals surface area contributed by atoms with Crippen LogP contribution in [0.25, 0.3) is 5.69 Å². The summed E-state index contributed by atoms with van der Waals surface area (Å²) in [5.74, 6) is -1.40. The van der Waals surface area contributed by atoms with E-state index in [1.807, 2.05) is 48.7 Å². The monoisotopic (exact) mass is 361 g/mol. The molecule has 6 nitrogen and oxygen atoms in total. The van der Waals surface area contributed by atoms with Gasteiger partial charge in [-0.05, 0) is 38.1 Å². The van der Waals surface area contributed by atoms with Crippen LogP contribution in [-0.2, 0) is 0 Å². The highest BCUT2D eigenvalue weighted by molar-refractivity contribution is 5.99. The number of carbonyl (C=O) groups is 2. The molecule has 0 fully saturated rings. The SMILES string of the molecule is Cc1cc(C(=O)N/N=C/c2ccccc2C(=O)O)c(C)n1-c1ccccc1. The van der Waals surface area contributed by atoms with Crippen LogP contribution in [-0.4, -0.2) is 27.8 Å². The molecular formula is C21H19N3O3. The predicted octanol–water partition coefficient (Wildman–Crippen LogP) is 3.56. The second-order valence-electron chi connectivity index (χ2n) is 6.05. The van der Waals surface area contributed by atoms with E-state index in [1.165, 1.54) is 12.3 Å². The summed E-state index contributed by atoms with van der Waals surface area (Å²) in [6.07, 6.45) is 1.33. The number of aromatic nitrogens is 1. The van der Waals surface area contributed by atoms with Gasteiger partial charge >= 0.3 is 5.97 Å². The highest BCUT2D eigenvalue weighted by Crippen LogP contribution is 2.20. The van der Waals surface area contributed by atoms with Gasteiger partial charge in [0.2, 0.25) is 0 Å². The van der Waals surface area contributed by atoms with Crippen molar-refractivity contribution in [3.63, 3.8) is 0 Å². The molecule has 0 aliphatic heterocycles. The molecule has 0 saturated heterocycles. The maximum absolute atomic E-state index is 12.5. The second-order valence-corrected chi connectivity index (χ2v) is 6.05. The van der Waals surface area contributed by atoms with Gasteiger partial charge in [-0.25, -0.2) is 10.2 Å². The van der Waals surface area contributed by atoms with Crippen LogP contribution in [0.4, 0.5) is 0 Å². The Hall–Kier alpha value is -3.67. The highest BCUT2D eigenvalue weighted by Gasteiger charge is 2.16. The third kappa shape index (κ3) is 3.79. The number of benzene rings is 2. The number of amides is 1. The quantitative estimate of drug-likeness (QED) is 0.538. The van der Waals surface area contributed by atoms with Gasteiger partial charge in [-0.15, -0.1) is 0 Å². The van der Waals surface area contributed by atoms with Crippen molar-refractivity contribution < 1.29 is 14.7 Å². The largest absolute Gasteiger partial charge is 0.478 e. The Kier molecular flexibility index (Phi) is 5.17. The lowest BCUT2D eigenvalue weighted by Gasteiger charge is -2.09. The zero-order valence-electron chi connectivity index (χ0n) is 15.0. The Bertz CT molecular complexity index is 1020. The molecule has 1 amide bonds. The van der Waals surface area contributed by atoms with Crippen molar-refractivity contribution in [2.75, 3.05) is 0 Å². The van der Waals surface area contributed by atoms with Crippen LogP contribution in [0.2, 0.25) is 0 Å². The topological polar surface area (TPSA) is 83.7 Å². The van der Waals surface area contributed by atoms with Crippen LogP contribution in [0.3, 0.4) is 0 Å². The number of carboxylic acid groups (broad SMARTS) is 1. The summed E-state index contributed by atoms with van der Waals surface area (Å²) in [6.45, 7) is 3.81. The fourth-order valence-electron chi connectivity index (χ4n) is 2.99. The van der Waals surface area contributed by atoms with Crippen molar-refractivity contribution in [3.8, 4) is 5.69 Å². The molecule has 0 unspecified atom stereocenters. The van der Waals surface area contributed by atoms with Gasteiger partial charge in [-0.3, -0.25) is 4.79 Å². The number of hydrogen-bond donors (Lipinski definition) is 2. The van der Waals surface area contributed by atoms with Gasteiger partial charge in [0.1, 0.15) is 0 Å². The van der Waals surface area contributed by atoms with Crippen molar-refractivity contribution in [1.82, 2.24) is 9.99 Å². The first kappa shape index (κ1) is 18.1. The average molecular weight is 361 g/mol. The third-order valence-corrected chi connectivity index (χ3v) is 4.25. The van der Waals surface area contributed by atoms with Crippen LogP contribution in [0.15, 0.2) is 65.8 Å². The fraction of sp³-hybridized carbons (Fsp3) is 0.0952. The Morgan fingerprint density at radius 3 is 2.37 bits per heavy atom. The fourth-order valence-corrected chi connectivity index (χ4v) is 2.99.